The zero-order chi connectivity index (χ0) is 16.5. The molecule has 0 bridgehead atoms. The Kier molecular flexibility index (Phi) is 4.00. The molecule has 2 amide bonds. The maximum atomic E-state index is 12.3. The number of carbonyl (C=O) groups excluding carboxylic acids is 2. The number of piperazine rings is 1. The van der Waals surface area contributed by atoms with E-state index in [-0.39, 0.29) is 17.7 Å². The predicted octanol–water partition coefficient (Wildman–Crippen LogP) is 1.72. The van der Waals surface area contributed by atoms with E-state index in [1.165, 1.54) is 5.56 Å². The summed E-state index contributed by atoms with van der Waals surface area (Å²) in [6.45, 7) is 3.31. The summed E-state index contributed by atoms with van der Waals surface area (Å²) in [7, 11) is 0. The molecule has 5 heteroatoms. The Hall–Kier alpha value is -2.30. The highest BCUT2D eigenvalue weighted by Gasteiger charge is 2.34. The van der Waals surface area contributed by atoms with Crippen LogP contribution in [-0.2, 0) is 16.0 Å². The molecule has 1 saturated carbocycles. The molecular formula is C19H22N2O3. The average Bonchev–Trinajstić information content (AvgIpc) is 3.37. The fourth-order valence-corrected chi connectivity index (χ4v) is 3.32. The minimum Gasteiger partial charge on any atom is -0.493 e. The Labute approximate surface area is 141 Å². The molecule has 0 spiro atoms. The summed E-state index contributed by atoms with van der Waals surface area (Å²) in [6.07, 6.45) is 6.50. The Morgan fingerprint density at radius 2 is 1.83 bits per heavy atom. The first-order chi connectivity index (χ1) is 11.7. The molecule has 2 heterocycles. The molecule has 4 rings (SSSR count). The van der Waals surface area contributed by atoms with Gasteiger partial charge >= 0.3 is 0 Å². The highest BCUT2D eigenvalue weighted by Crippen LogP contribution is 2.31. The van der Waals surface area contributed by atoms with Gasteiger partial charge in [-0.1, -0.05) is 6.07 Å². The summed E-state index contributed by atoms with van der Waals surface area (Å²) in [6, 6.07) is 6.02. The number of fused-ring (bicyclic) bond motifs is 1. The van der Waals surface area contributed by atoms with E-state index in [4.69, 9.17) is 4.74 Å². The van der Waals surface area contributed by atoms with Gasteiger partial charge in [-0.3, -0.25) is 9.59 Å². The van der Waals surface area contributed by atoms with Crippen molar-refractivity contribution in [2.24, 2.45) is 5.92 Å². The van der Waals surface area contributed by atoms with Crippen molar-refractivity contribution in [3.05, 3.63) is 35.4 Å². The zero-order valence-corrected chi connectivity index (χ0v) is 13.7. The molecule has 1 saturated heterocycles. The minimum absolute atomic E-state index is 0.0188. The number of carbonyl (C=O) groups is 2. The molecule has 0 atom stereocenters. The smallest absolute Gasteiger partial charge is 0.246 e. The monoisotopic (exact) mass is 326 g/mol. The Balaban J connectivity index is 1.32. The van der Waals surface area contributed by atoms with Gasteiger partial charge in [-0.05, 0) is 42.2 Å². The summed E-state index contributed by atoms with van der Waals surface area (Å²) in [4.78, 5) is 28.1. The molecule has 0 aromatic heterocycles. The van der Waals surface area contributed by atoms with Crippen LogP contribution in [0.3, 0.4) is 0 Å². The predicted molar refractivity (Wildman–Crippen MR) is 90.6 cm³/mol. The Morgan fingerprint density at radius 1 is 1.08 bits per heavy atom. The summed E-state index contributed by atoms with van der Waals surface area (Å²) >= 11 is 0. The van der Waals surface area contributed by atoms with Crippen LogP contribution in [0.25, 0.3) is 6.08 Å². The number of nitrogens with zero attached hydrogens (tertiary/aromatic N) is 2. The largest absolute Gasteiger partial charge is 0.493 e. The minimum atomic E-state index is 0.0188. The van der Waals surface area contributed by atoms with Gasteiger partial charge in [0.1, 0.15) is 5.75 Å². The van der Waals surface area contributed by atoms with Gasteiger partial charge in [-0.2, -0.15) is 0 Å². The topological polar surface area (TPSA) is 49.9 Å². The molecule has 24 heavy (non-hydrogen) atoms. The first kappa shape index (κ1) is 15.2. The lowest BCUT2D eigenvalue weighted by atomic mass is 10.1. The van der Waals surface area contributed by atoms with E-state index in [0.29, 0.717) is 26.2 Å². The zero-order valence-electron chi connectivity index (χ0n) is 13.7. The number of benzene rings is 1. The summed E-state index contributed by atoms with van der Waals surface area (Å²) in [5.74, 6) is 1.51. The third-order valence-electron chi connectivity index (χ3n) is 4.96. The Morgan fingerprint density at radius 3 is 2.58 bits per heavy atom. The van der Waals surface area contributed by atoms with Crippen LogP contribution in [0.1, 0.15) is 24.0 Å². The highest BCUT2D eigenvalue weighted by molar-refractivity contribution is 5.92. The van der Waals surface area contributed by atoms with Crippen LogP contribution < -0.4 is 4.74 Å². The Bertz CT molecular complexity index is 686. The maximum Gasteiger partial charge on any atom is 0.246 e. The lowest BCUT2D eigenvalue weighted by Crippen LogP contribution is -2.50. The van der Waals surface area contributed by atoms with E-state index in [1.807, 2.05) is 28.0 Å². The lowest BCUT2D eigenvalue weighted by molar-refractivity contribution is -0.138. The van der Waals surface area contributed by atoms with E-state index in [0.717, 1.165) is 37.2 Å². The van der Waals surface area contributed by atoms with Gasteiger partial charge in [0.05, 0.1) is 6.61 Å². The number of ether oxygens (including phenoxy) is 1. The van der Waals surface area contributed by atoms with Crippen LogP contribution in [-0.4, -0.2) is 54.4 Å². The van der Waals surface area contributed by atoms with Crippen LogP contribution in [0.15, 0.2) is 24.3 Å². The third kappa shape index (κ3) is 3.16. The second-order valence-electron chi connectivity index (χ2n) is 6.72. The van der Waals surface area contributed by atoms with Gasteiger partial charge in [-0.25, -0.2) is 0 Å². The van der Waals surface area contributed by atoms with E-state index < -0.39 is 0 Å². The van der Waals surface area contributed by atoms with Crippen molar-refractivity contribution >= 4 is 17.9 Å². The second kappa shape index (κ2) is 6.30. The maximum absolute atomic E-state index is 12.3. The first-order valence-corrected chi connectivity index (χ1v) is 8.72. The summed E-state index contributed by atoms with van der Waals surface area (Å²) < 4.78 is 5.49. The number of amides is 2. The van der Waals surface area contributed by atoms with E-state index >= 15 is 0 Å². The van der Waals surface area contributed by atoms with Crippen molar-refractivity contribution in [2.75, 3.05) is 32.8 Å². The molecule has 1 aliphatic carbocycles. The van der Waals surface area contributed by atoms with E-state index in [9.17, 15) is 9.59 Å². The van der Waals surface area contributed by atoms with Crippen LogP contribution in [0.4, 0.5) is 0 Å². The molecule has 1 aromatic carbocycles. The van der Waals surface area contributed by atoms with E-state index in [2.05, 4.69) is 6.07 Å². The molecule has 2 fully saturated rings. The van der Waals surface area contributed by atoms with Crippen molar-refractivity contribution in [1.82, 2.24) is 9.80 Å². The van der Waals surface area contributed by atoms with Crippen molar-refractivity contribution in [3.8, 4) is 5.75 Å². The normalized spacial score (nSPS) is 20.2. The SMILES string of the molecule is O=C(C=Cc1ccc2c(c1)CCO2)N1CCN(C(=O)C2CC2)CC1. The fraction of sp³-hybridized carbons (Fsp3) is 0.474. The summed E-state index contributed by atoms with van der Waals surface area (Å²) in [5, 5.41) is 0. The number of rotatable bonds is 3. The van der Waals surface area contributed by atoms with Crippen LogP contribution in [0.2, 0.25) is 0 Å². The highest BCUT2D eigenvalue weighted by atomic mass is 16.5. The second-order valence-corrected chi connectivity index (χ2v) is 6.72. The van der Waals surface area contributed by atoms with Gasteiger partial charge in [0.15, 0.2) is 0 Å². The van der Waals surface area contributed by atoms with Crippen molar-refractivity contribution in [1.29, 1.82) is 0 Å². The van der Waals surface area contributed by atoms with E-state index in [1.54, 1.807) is 6.08 Å². The molecular weight excluding hydrogens is 304 g/mol. The molecule has 5 nitrogen and oxygen atoms in total. The molecule has 0 radical (unpaired) electrons. The van der Waals surface area contributed by atoms with Crippen molar-refractivity contribution in [3.63, 3.8) is 0 Å². The molecule has 0 N–H and O–H groups in total. The standard InChI is InChI=1S/C19H22N2O3/c22-18(6-2-14-1-5-17-16(13-14)7-12-24-17)20-8-10-21(11-9-20)19(23)15-3-4-15/h1-2,5-6,13,15H,3-4,7-12H2. The number of hydrogen-bond donors (Lipinski definition) is 0. The summed E-state index contributed by atoms with van der Waals surface area (Å²) in [5.41, 5.74) is 2.23. The van der Waals surface area contributed by atoms with Gasteiger partial charge < -0.3 is 14.5 Å². The lowest BCUT2D eigenvalue weighted by Gasteiger charge is -2.34. The molecule has 0 unspecified atom stereocenters. The van der Waals surface area contributed by atoms with Gasteiger partial charge in [-0.15, -0.1) is 0 Å². The first-order valence-electron chi connectivity index (χ1n) is 8.72. The van der Waals surface area contributed by atoms with Crippen LogP contribution >= 0.6 is 0 Å². The van der Waals surface area contributed by atoms with Gasteiger partial charge in [0, 0.05) is 44.6 Å². The van der Waals surface area contributed by atoms with Gasteiger partial charge in [0.25, 0.3) is 0 Å². The fourth-order valence-electron chi connectivity index (χ4n) is 3.32. The third-order valence-corrected chi connectivity index (χ3v) is 4.96. The van der Waals surface area contributed by atoms with Crippen LogP contribution in [0, 0.1) is 5.92 Å². The van der Waals surface area contributed by atoms with Crippen molar-refractivity contribution in [2.45, 2.75) is 19.3 Å². The average molecular weight is 326 g/mol. The molecule has 3 aliphatic rings. The molecule has 1 aromatic rings. The van der Waals surface area contributed by atoms with Crippen molar-refractivity contribution < 1.29 is 14.3 Å². The van der Waals surface area contributed by atoms with Gasteiger partial charge in [0.2, 0.25) is 11.8 Å². The molecule has 126 valence electrons. The number of hydrogen-bond acceptors (Lipinski definition) is 3. The molecule has 2 aliphatic heterocycles. The quantitative estimate of drug-likeness (QED) is 0.795. The van der Waals surface area contributed by atoms with Crippen LogP contribution in [0.5, 0.6) is 5.75 Å².